The van der Waals surface area contributed by atoms with E-state index in [1.165, 1.54) is 5.56 Å². The predicted octanol–water partition coefficient (Wildman–Crippen LogP) is 5.07. The van der Waals surface area contributed by atoms with Crippen LogP contribution in [0.1, 0.15) is 24.4 Å². The fourth-order valence-electron chi connectivity index (χ4n) is 3.82. The van der Waals surface area contributed by atoms with Crippen LogP contribution in [0.2, 0.25) is 5.02 Å². The van der Waals surface area contributed by atoms with Gasteiger partial charge in [-0.1, -0.05) is 23.7 Å². The molecule has 6 nitrogen and oxygen atoms in total. The van der Waals surface area contributed by atoms with Crippen molar-refractivity contribution in [3.63, 3.8) is 0 Å². The van der Waals surface area contributed by atoms with Gasteiger partial charge >= 0.3 is 0 Å². The average molecular weight is 431 g/mol. The Bertz CT molecular complexity index is 1050. The first kappa shape index (κ1) is 19.9. The van der Waals surface area contributed by atoms with Gasteiger partial charge in [-0.15, -0.1) is 0 Å². The van der Waals surface area contributed by atoms with Gasteiger partial charge in [0, 0.05) is 17.6 Å². The molecular formula is C21H23ClN4O2S. The Morgan fingerprint density at radius 2 is 1.97 bits per heavy atom. The van der Waals surface area contributed by atoms with Gasteiger partial charge in [-0.25, -0.2) is 4.68 Å². The maximum atomic E-state index is 6.17. The summed E-state index contributed by atoms with van der Waals surface area (Å²) in [6.45, 7) is 1.65. The number of methoxy groups -OCH3 is 2. The number of hydrogen-bond acceptors (Lipinski definition) is 5. The first-order valence-electron chi connectivity index (χ1n) is 9.48. The number of nitrogens with one attached hydrogen (secondary N) is 1. The van der Waals surface area contributed by atoms with Gasteiger partial charge in [0.2, 0.25) is 4.77 Å². The zero-order valence-electron chi connectivity index (χ0n) is 16.4. The van der Waals surface area contributed by atoms with Gasteiger partial charge in [-0.2, -0.15) is 4.98 Å². The van der Waals surface area contributed by atoms with Crippen LogP contribution in [0, 0.1) is 4.77 Å². The fraction of sp³-hybridized carbons (Fsp3) is 0.333. The van der Waals surface area contributed by atoms with Crippen molar-refractivity contribution < 1.29 is 9.47 Å². The van der Waals surface area contributed by atoms with Crippen LogP contribution in [0.15, 0.2) is 42.5 Å². The largest absolute Gasteiger partial charge is 0.497 e. The third kappa shape index (κ3) is 4.17. The summed E-state index contributed by atoms with van der Waals surface area (Å²) in [4.78, 5) is 6.94. The number of halogens is 1. The van der Waals surface area contributed by atoms with E-state index in [1.54, 1.807) is 20.3 Å². The minimum Gasteiger partial charge on any atom is -0.497 e. The van der Waals surface area contributed by atoms with E-state index in [2.05, 4.69) is 27.1 Å². The molecule has 1 atom stereocenters. The van der Waals surface area contributed by atoms with E-state index in [9.17, 15) is 0 Å². The second kappa shape index (κ2) is 8.57. The van der Waals surface area contributed by atoms with Crippen LogP contribution >= 0.6 is 23.8 Å². The molecule has 1 aliphatic heterocycles. The first-order valence-corrected chi connectivity index (χ1v) is 10.3. The highest BCUT2D eigenvalue weighted by molar-refractivity contribution is 7.71. The number of benzene rings is 2. The van der Waals surface area contributed by atoms with Crippen molar-refractivity contribution in [2.24, 2.45) is 0 Å². The van der Waals surface area contributed by atoms with E-state index in [1.807, 2.05) is 28.9 Å². The zero-order chi connectivity index (χ0) is 20.4. The van der Waals surface area contributed by atoms with Gasteiger partial charge in [0.05, 0.1) is 26.5 Å². The second-order valence-corrected chi connectivity index (χ2v) is 7.81. The van der Waals surface area contributed by atoms with Gasteiger partial charge in [0.1, 0.15) is 11.5 Å². The van der Waals surface area contributed by atoms with Crippen LogP contribution in [-0.2, 0) is 6.67 Å². The number of rotatable bonds is 6. The molecule has 0 amide bonds. The standard InChI is InChI=1S/C21H23ClN4O2S/c1-27-16-8-5-14(6-9-16)18-4-3-11-25(18)13-26-21(29)23-20(24-26)17-12-15(22)7-10-19(17)28-2/h5-10,12,18H,3-4,11,13H2,1-2H3,(H,23,24,29)/t18-/m0/s1. The summed E-state index contributed by atoms with van der Waals surface area (Å²) >= 11 is 11.7. The Morgan fingerprint density at radius 1 is 1.17 bits per heavy atom. The molecule has 0 unspecified atom stereocenters. The van der Waals surface area contributed by atoms with Crippen molar-refractivity contribution in [2.45, 2.75) is 25.6 Å². The Hall–Kier alpha value is -2.35. The minimum absolute atomic E-state index is 0.343. The van der Waals surface area contributed by atoms with Gasteiger partial charge in [0.15, 0.2) is 5.82 Å². The average Bonchev–Trinajstić information content (AvgIpc) is 3.35. The van der Waals surface area contributed by atoms with Crippen molar-refractivity contribution in [3.05, 3.63) is 57.8 Å². The van der Waals surface area contributed by atoms with E-state index in [-0.39, 0.29) is 0 Å². The van der Waals surface area contributed by atoms with Crippen LogP contribution in [0.5, 0.6) is 11.5 Å². The number of H-pyrrole nitrogens is 1. The molecule has 0 spiro atoms. The smallest absolute Gasteiger partial charge is 0.217 e. The lowest BCUT2D eigenvalue weighted by molar-refractivity contribution is 0.190. The summed E-state index contributed by atoms with van der Waals surface area (Å²) in [5.41, 5.74) is 2.07. The van der Waals surface area contributed by atoms with E-state index in [4.69, 9.17) is 33.3 Å². The number of likely N-dealkylation sites (tertiary alicyclic amines) is 1. The maximum Gasteiger partial charge on any atom is 0.217 e. The van der Waals surface area contributed by atoms with Gasteiger partial charge in [0.25, 0.3) is 0 Å². The molecule has 1 saturated heterocycles. The molecule has 8 heteroatoms. The van der Waals surface area contributed by atoms with Crippen LogP contribution in [0.25, 0.3) is 11.4 Å². The third-order valence-electron chi connectivity index (χ3n) is 5.28. The molecule has 4 rings (SSSR count). The molecule has 1 aromatic heterocycles. The molecule has 29 heavy (non-hydrogen) atoms. The summed E-state index contributed by atoms with van der Waals surface area (Å²) < 4.78 is 13.1. The number of aromatic amines is 1. The molecule has 1 aliphatic rings. The van der Waals surface area contributed by atoms with E-state index >= 15 is 0 Å². The quantitative estimate of drug-likeness (QED) is 0.553. The molecule has 0 aliphatic carbocycles. The summed E-state index contributed by atoms with van der Waals surface area (Å²) in [5.74, 6) is 2.21. The molecule has 2 heterocycles. The van der Waals surface area contributed by atoms with Crippen molar-refractivity contribution in [3.8, 4) is 22.9 Å². The van der Waals surface area contributed by atoms with Crippen molar-refractivity contribution >= 4 is 23.8 Å². The Balaban J connectivity index is 1.58. The first-order chi connectivity index (χ1) is 14.1. The van der Waals surface area contributed by atoms with Gasteiger partial charge in [-0.3, -0.25) is 10.00 Å². The van der Waals surface area contributed by atoms with Crippen molar-refractivity contribution in [1.29, 1.82) is 0 Å². The van der Waals surface area contributed by atoms with Gasteiger partial charge in [-0.05, 0) is 61.0 Å². The molecule has 1 N–H and O–H groups in total. The van der Waals surface area contributed by atoms with E-state index in [0.717, 1.165) is 30.7 Å². The molecule has 0 saturated carbocycles. The highest BCUT2D eigenvalue weighted by Crippen LogP contribution is 2.34. The number of nitrogens with zero attached hydrogens (tertiary/aromatic N) is 3. The predicted molar refractivity (Wildman–Crippen MR) is 116 cm³/mol. The third-order valence-corrected chi connectivity index (χ3v) is 5.83. The molecule has 0 bridgehead atoms. The highest BCUT2D eigenvalue weighted by Gasteiger charge is 2.26. The summed E-state index contributed by atoms with van der Waals surface area (Å²) in [6.07, 6.45) is 2.26. The number of aromatic nitrogens is 3. The Kier molecular flexibility index (Phi) is 5.89. The lowest BCUT2D eigenvalue weighted by atomic mass is 10.0. The highest BCUT2D eigenvalue weighted by atomic mass is 35.5. The minimum atomic E-state index is 0.343. The van der Waals surface area contributed by atoms with Gasteiger partial charge < -0.3 is 9.47 Å². The maximum absolute atomic E-state index is 6.17. The lowest BCUT2D eigenvalue weighted by Crippen LogP contribution is -2.26. The van der Waals surface area contributed by atoms with Crippen molar-refractivity contribution in [2.75, 3.05) is 20.8 Å². The summed E-state index contributed by atoms with van der Waals surface area (Å²) in [7, 11) is 3.31. The molecular weight excluding hydrogens is 408 g/mol. The van der Waals surface area contributed by atoms with Crippen LogP contribution in [0.4, 0.5) is 0 Å². The van der Waals surface area contributed by atoms with E-state index in [0.29, 0.717) is 34.1 Å². The van der Waals surface area contributed by atoms with Crippen molar-refractivity contribution in [1.82, 2.24) is 19.7 Å². The molecule has 1 fully saturated rings. The monoisotopic (exact) mass is 430 g/mol. The fourth-order valence-corrected chi connectivity index (χ4v) is 4.19. The van der Waals surface area contributed by atoms with Crippen LogP contribution in [0.3, 0.4) is 0 Å². The molecule has 152 valence electrons. The summed E-state index contributed by atoms with van der Waals surface area (Å²) in [5, 5.41) is 3.94. The lowest BCUT2D eigenvalue weighted by Gasteiger charge is -2.25. The van der Waals surface area contributed by atoms with E-state index < -0.39 is 0 Å². The zero-order valence-corrected chi connectivity index (χ0v) is 18.0. The Labute approximate surface area is 180 Å². The SMILES string of the molecule is COc1ccc([C@@H]2CCCN2Cn2[nH]c(-c3cc(Cl)ccc3OC)nc2=S)cc1. The number of ether oxygens (including phenoxy) is 2. The molecule has 3 aromatic rings. The second-order valence-electron chi connectivity index (χ2n) is 7.01. The topological polar surface area (TPSA) is 55.3 Å². The molecule has 2 aromatic carbocycles. The van der Waals surface area contributed by atoms with Crippen LogP contribution < -0.4 is 9.47 Å². The normalized spacial score (nSPS) is 16.9. The molecule has 0 radical (unpaired) electrons. The summed E-state index contributed by atoms with van der Waals surface area (Å²) in [6, 6.07) is 14.1. The van der Waals surface area contributed by atoms with Crippen LogP contribution in [-0.4, -0.2) is 40.4 Å². The Morgan fingerprint density at radius 3 is 2.69 bits per heavy atom. The number of hydrogen-bond donors (Lipinski definition) is 1.